The van der Waals surface area contributed by atoms with Crippen LogP contribution in [-0.4, -0.2) is 22.8 Å². The molecule has 1 N–H and O–H groups in total. The van der Waals surface area contributed by atoms with Gasteiger partial charge in [0.25, 0.3) is 0 Å². The summed E-state index contributed by atoms with van der Waals surface area (Å²) >= 11 is 3.34. The molecule has 0 atom stereocenters. The Morgan fingerprint density at radius 1 is 1.44 bits per heavy atom. The number of carbonyl (C=O) groups is 1. The molecule has 88 valence electrons. The van der Waals surface area contributed by atoms with E-state index < -0.39 is 0 Å². The highest BCUT2D eigenvalue weighted by Gasteiger charge is 2.00. The number of pyridine rings is 1. The second-order valence-corrected chi connectivity index (χ2v) is 4.40. The summed E-state index contributed by atoms with van der Waals surface area (Å²) < 4.78 is 0. The number of aromatic nitrogens is 1. The van der Waals surface area contributed by atoms with Crippen molar-refractivity contribution in [1.82, 2.24) is 10.3 Å². The van der Waals surface area contributed by atoms with Gasteiger partial charge in [-0.25, -0.2) is 0 Å². The first-order valence-electron chi connectivity index (χ1n) is 5.54. The fraction of sp³-hybridized carbons (Fsp3) is 0.500. The zero-order valence-electron chi connectivity index (χ0n) is 9.29. The summed E-state index contributed by atoms with van der Waals surface area (Å²) in [5.41, 5.74) is 1.16. The van der Waals surface area contributed by atoms with E-state index in [1.54, 1.807) is 6.20 Å². The molecule has 1 amide bonds. The predicted molar refractivity (Wildman–Crippen MR) is 68.6 cm³/mol. The van der Waals surface area contributed by atoms with Crippen molar-refractivity contribution in [2.24, 2.45) is 0 Å². The van der Waals surface area contributed by atoms with E-state index in [-0.39, 0.29) is 5.91 Å². The van der Waals surface area contributed by atoms with E-state index in [1.165, 1.54) is 0 Å². The molecule has 1 aromatic rings. The fourth-order valence-corrected chi connectivity index (χ4v) is 1.76. The topological polar surface area (TPSA) is 42.0 Å². The number of nitrogens with zero attached hydrogens (tertiary/aromatic N) is 1. The average Bonchev–Trinajstić information content (AvgIpc) is 2.31. The van der Waals surface area contributed by atoms with Crippen LogP contribution in [0.1, 0.15) is 24.8 Å². The van der Waals surface area contributed by atoms with E-state index in [0.717, 1.165) is 30.2 Å². The van der Waals surface area contributed by atoms with E-state index in [2.05, 4.69) is 26.2 Å². The van der Waals surface area contributed by atoms with Crippen molar-refractivity contribution < 1.29 is 4.79 Å². The molecule has 0 fully saturated rings. The highest BCUT2D eigenvalue weighted by molar-refractivity contribution is 9.09. The maximum Gasteiger partial charge on any atom is 0.220 e. The smallest absolute Gasteiger partial charge is 0.220 e. The van der Waals surface area contributed by atoms with Gasteiger partial charge in [-0.05, 0) is 30.9 Å². The normalized spacial score (nSPS) is 10.1. The zero-order valence-corrected chi connectivity index (χ0v) is 10.9. The van der Waals surface area contributed by atoms with Crippen molar-refractivity contribution in [2.75, 3.05) is 11.9 Å². The Hall–Kier alpha value is -0.900. The largest absolute Gasteiger partial charge is 0.356 e. The SMILES string of the molecule is O=C(CCCCBr)NCCc1cccnc1. The van der Waals surface area contributed by atoms with Crippen molar-refractivity contribution >= 4 is 21.8 Å². The number of hydrogen-bond donors (Lipinski definition) is 1. The molecule has 0 unspecified atom stereocenters. The quantitative estimate of drug-likeness (QED) is 0.617. The third-order valence-corrected chi connectivity index (χ3v) is 2.81. The van der Waals surface area contributed by atoms with Gasteiger partial charge in [-0.1, -0.05) is 22.0 Å². The van der Waals surface area contributed by atoms with Gasteiger partial charge in [-0.2, -0.15) is 0 Å². The van der Waals surface area contributed by atoms with Crippen molar-refractivity contribution in [2.45, 2.75) is 25.7 Å². The summed E-state index contributed by atoms with van der Waals surface area (Å²) in [6, 6.07) is 3.93. The summed E-state index contributed by atoms with van der Waals surface area (Å²) in [5.74, 6) is 0.143. The molecule has 3 nitrogen and oxygen atoms in total. The molecule has 0 aliphatic rings. The van der Waals surface area contributed by atoms with Gasteiger partial charge in [0, 0.05) is 30.7 Å². The van der Waals surface area contributed by atoms with Gasteiger partial charge in [0.1, 0.15) is 0 Å². The fourth-order valence-electron chi connectivity index (χ4n) is 1.36. The van der Waals surface area contributed by atoms with Crippen molar-refractivity contribution in [3.05, 3.63) is 30.1 Å². The Kier molecular flexibility index (Phi) is 6.81. The molecule has 0 radical (unpaired) electrons. The summed E-state index contributed by atoms with van der Waals surface area (Å²) in [7, 11) is 0. The number of rotatable bonds is 7. The van der Waals surface area contributed by atoms with Crippen LogP contribution in [0.2, 0.25) is 0 Å². The van der Waals surface area contributed by atoms with Crippen LogP contribution in [0.25, 0.3) is 0 Å². The van der Waals surface area contributed by atoms with Crippen molar-refractivity contribution in [3.8, 4) is 0 Å². The number of nitrogens with one attached hydrogen (secondary N) is 1. The number of hydrogen-bond acceptors (Lipinski definition) is 2. The first-order valence-corrected chi connectivity index (χ1v) is 6.66. The van der Waals surface area contributed by atoms with Crippen LogP contribution in [0.15, 0.2) is 24.5 Å². The van der Waals surface area contributed by atoms with Crippen LogP contribution < -0.4 is 5.32 Å². The zero-order chi connectivity index (χ0) is 11.6. The second kappa shape index (κ2) is 8.28. The summed E-state index contributed by atoms with van der Waals surface area (Å²) in [6.07, 6.45) is 7.05. The van der Waals surface area contributed by atoms with Gasteiger partial charge in [0.05, 0.1) is 0 Å². The minimum absolute atomic E-state index is 0.143. The van der Waals surface area contributed by atoms with Crippen LogP contribution in [0, 0.1) is 0 Å². The lowest BCUT2D eigenvalue weighted by Gasteiger charge is -2.04. The Morgan fingerprint density at radius 3 is 3.00 bits per heavy atom. The first kappa shape index (κ1) is 13.2. The van der Waals surface area contributed by atoms with E-state index in [4.69, 9.17) is 0 Å². The van der Waals surface area contributed by atoms with Crippen LogP contribution in [0.3, 0.4) is 0 Å². The van der Waals surface area contributed by atoms with Crippen LogP contribution in [0.4, 0.5) is 0 Å². The molecule has 1 rings (SSSR count). The maximum atomic E-state index is 11.4. The average molecular weight is 285 g/mol. The molecule has 0 saturated carbocycles. The standard InChI is InChI=1S/C12H17BrN2O/c13-7-2-1-5-12(16)15-9-6-11-4-3-8-14-10-11/h3-4,8,10H,1-2,5-7,9H2,(H,15,16). The molecule has 0 aromatic carbocycles. The number of amides is 1. The molecule has 1 aromatic heterocycles. The molecule has 1 heterocycles. The Labute approximate surface area is 105 Å². The third-order valence-electron chi connectivity index (χ3n) is 2.25. The number of carbonyl (C=O) groups excluding carboxylic acids is 1. The lowest BCUT2D eigenvalue weighted by atomic mass is 10.2. The monoisotopic (exact) mass is 284 g/mol. The molecule has 0 aliphatic carbocycles. The van der Waals surface area contributed by atoms with Gasteiger partial charge in [0.15, 0.2) is 0 Å². The highest BCUT2D eigenvalue weighted by atomic mass is 79.9. The Morgan fingerprint density at radius 2 is 2.31 bits per heavy atom. The number of halogens is 1. The van der Waals surface area contributed by atoms with E-state index in [0.29, 0.717) is 13.0 Å². The third kappa shape index (κ3) is 5.85. The molecule has 0 spiro atoms. The Bertz CT molecular complexity index is 303. The maximum absolute atomic E-state index is 11.4. The molecule has 0 bridgehead atoms. The van der Waals surface area contributed by atoms with Gasteiger partial charge in [-0.3, -0.25) is 9.78 Å². The number of alkyl halides is 1. The van der Waals surface area contributed by atoms with Gasteiger partial charge < -0.3 is 5.32 Å². The lowest BCUT2D eigenvalue weighted by molar-refractivity contribution is -0.121. The molecular formula is C12H17BrN2O. The number of unbranched alkanes of at least 4 members (excludes halogenated alkanes) is 1. The second-order valence-electron chi connectivity index (χ2n) is 3.61. The van der Waals surface area contributed by atoms with Gasteiger partial charge >= 0.3 is 0 Å². The summed E-state index contributed by atoms with van der Waals surface area (Å²) in [5, 5.41) is 3.88. The van der Waals surface area contributed by atoms with Crippen LogP contribution in [-0.2, 0) is 11.2 Å². The van der Waals surface area contributed by atoms with Crippen molar-refractivity contribution in [1.29, 1.82) is 0 Å². The molecule has 0 saturated heterocycles. The first-order chi connectivity index (χ1) is 7.83. The molecule has 16 heavy (non-hydrogen) atoms. The Balaban J connectivity index is 2.09. The van der Waals surface area contributed by atoms with E-state index in [9.17, 15) is 4.79 Å². The molecule has 0 aliphatic heterocycles. The lowest BCUT2D eigenvalue weighted by Crippen LogP contribution is -2.25. The van der Waals surface area contributed by atoms with E-state index >= 15 is 0 Å². The van der Waals surface area contributed by atoms with Crippen molar-refractivity contribution in [3.63, 3.8) is 0 Å². The van der Waals surface area contributed by atoms with Gasteiger partial charge in [0.2, 0.25) is 5.91 Å². The predicted octanol–water partition coefficient (Wildman–Crippen LogP) is 2.31. The van der Waals surface area contributed by atoms with Gasteiger partial charge in [-0.15, -0.1) is 0 Å². The van der Waals surface area contributed by atoms with Crippen LogP contribution in [0.5, 0.6) is 0 Å². The summed E-state index contributed by atoms with van der Waals surface area (Å²) in [4.78, 5) is 15.4. The summed E-state index contributed by atoms with van der Waals surface area (Å²) in [6.45, 7) is 0.693. The van der Waals surface area contributed by atoms with E-state index in [1.807, 2.05) is 18.3 Å². The minimum atomic E-state index is 0.143. The highest BCUT2D eigenvalue weighted by Crippen LogP contribution is 1.99. The molecule has 4 heteroatoms. The molecular weight excluding hydrogens is 268 g/mol. The van der Waals surface area contributed by atoms with Crippen LogP contribution >= 0.6 is 15.9 Å². The minimum Gasteiger partial charge on any atom is -0.356 e.